The number of carbonyl (C=O) groups is 2. The van der Waals surface area contributed by atoms with Gasteiger partial charge in [-0.2, -0.15) is 0 Å². The van der Waals surface area contributed by atoms with Gasteiger partial charge in [0.15, 0.2) is 6.10 Å². The molecule has 0 bridgehead atoms. The van der Waals surface area contributed by atoms with Crippen molar-refractivity contribution < 1.29 is 42.1 Å². The van der Waals surface area contributed by atoms with Crippen LogP contribution < -0.4 is 4.89 Å². The number of ether oxygens (including phenoxy) is 2. The standard InChI is InChI=1S/C68H118NO8P/c1-6-8-10-12-14-16-18-20-22-24-26-28-30-31-32-33-34-35-36-37-39-41-43-45-47-49-51-53-55-57-59-61-68(71)77-66(65-76-78(72,73)75-63-62-69(3,4)5)64-74-67(70)60-58-56-54-52-50-48-46-44-42-40-38-29-27-25-23-21-19-17-15-13-11-9-7-2/h8,10,14,16,20,22,26,28,31-32,34-35,37,39,43,45,49,51,66H,6-7,9,11-13,15,17-19,21,23-25,27,29-30,33,36,38,40-42,44,46-48,50,52-65H2,1-5H3/b10-8-,16-14-,22-20-,28-26-,32-31-,35-34-,39-37-,45-43-,51-49-. The van der Waals surface area contributed by atoms with Crippen LogP contribution in [-0.4, -0.2) is 70.0 Å². The lowest BCUT2D eigenvalue weighted by atomic mass is 10.0. The number of quaternary nitrogens is 1. The number of phosphoric ester groups is 1. The molecule has 0 N–H and O–H groups in total. The smallest absolute Gasteiger partial charge is 0.306 e. The van der Waals surface area contributed by atoms with E-state index in [2.05, 4.69) is 123 Å². The first kappa shape index (κ1) is 74.7. The summed E-state index contributed by atoms with van der Waals surface area (Å²) in [7, 11) is 1.14. The van der Waals surface area contributed by atoms with Crippen LogP contribution in [0.2, 0.25) is 0 Å². The van der Waals surface area contributed by atoms with E-state index in [1.54, 1.807) is 0 Å². The molecule has 2 unspecified atom stereocenters. The van der Waals surface area contributed by atoms with Crippen LogP contribution in [-0.2, 0) is 32.7 Å². The van der Waals surface area contributed by atoms with E-state index in [0.29, 0.717) is 17.4 Å². The Morgan fingerprint density at radius 3 is 1.09 bits per heavy atom. The van der Waals surface area contributed by atoms with E-state index in [4.69, 9.17) is 18.5 Å². The van der Waals surface area contributed by atoms with E-state index in [0.717, 1.165) is 96.3 Å². The van der Waals surface area contributed by atoms with Gasteiger partial charge in [-0.25, -0.2) is 0 Å². The van der Waals surface area contributed by atoms with Gasteiger partial charge in [-0.05, 0) is 83.5 Å². The van der Waals surface area contributed by atoms with Crippen molar-refractivity contribution in [2.45, 2.75) is 264 Å². The highest BCUT2D eigenvalue weighted by Gasteiger charge is 2.22. The van der Waals surface area contributed by atoms with Crippen LogP contribution in [0.5, 0.6) is 0 Å². The fourth-order valence-electron chi connectivity index (χ4n) is 8.47. The highest BCUT2D eigenvalue weighted by Crippen LogP contribution is 2.38. The fourth-order valence-corrected chi connectivity index (χ4v) is 9.20. The Morgan fingerprint density at radius 2 is 0.731 bits per heavy atom. The summed E-state index contributed by atoms with van der Waals surface area (Å²) in [5.41, 5.74) is 0. The Balaban J connectivity index is 4.23. The van der Waals surface area contributed by atoms with Gasteiger partial charge in [0.2, 0.25) is 0 Å². The number of esters is 2. The molecule has 0 heterocycles. The van der Waals surface area contributed by atoms with E-state index in [-0.39, 0.29) is 26.1 Å². The second kappa shape index (κ2) is 58.3. The number of carbonyl (C=O) groups excluding carboxylic acids is 2. The summed E-state index contributed by atoms with van der Waals surface area (Å²) in [5.74, 6) is -0.870. The maximum Gasteiger partial charge on any atom is 0.306 e. The van der Waals surface area contributed by atoms with E-state index < -0.39 is 32.5 Å². The molecule has 0 aromatic heterocycles. The minimum atomic E-state index is -4.65. The average molecular weight is 1110 g/mol. The second-order valence-corrected chi connectivity index (χ2v) is 23.5. The number of unbranched alkanes of at least 4 members (excludes halogenated alkanes) is 25. The molecule has 0 rings (SSSR count). The SMILES string of the molecule is CC/C=C\C/C=C\C/C=C\C/C=C\C/C=C\C/C=C\C/C=C\C/C=C\C/C=C\CCCCCC(=O)OC(COC(=O)CCCCCCCCCCCCCCCCCCCCCCCCC)COP(=O)([O-])OCC[N+](C)(C)C. The molecular formula is C68H118NO8P. The van der Waals surface area contributed by atoms with Crippen LogP contribution >= 0.6 is 7.82 Å². The summed E-state index contributed by atoms with van der Waals surface area (Å²) in [6.45, 7) is 4.10. The Kier molecular flexibility index (Phi) is 55.8. The number of phosphoric acid groups is 1. The lowest BCUT2D eigenvalue weighted by Gasteiger charge is -2.28. The molecule has 0 spiro atoms. The summed E-state index contributed by atoms with van der Waals surface area (Å²) in [5, 5.41) is 0. The zero-order valence-electron chi connectivity index (χ0n) is 50.8. The van der Waals surface area contributed by atoms with Gasteiger partial charge in [0.05, 0.1) is 27.7 Å². The Hall–Kier alpha value is -3.33. The van der Waals surface area contributed by atoms with E-state index in [1.165, 1.54) is 128 Å². The third kappa shape index (κ3) is 61.9. The Labute approximate surface area is 480 Å². The molecule has 0 aromatic carbocycles. The van der Waals surface area contributed by atoms with Crippen LogP contribution in [0, 0.1) is 0 Å². The predicted molar refractivity (Wildman–Crippen MR) is 332 cm³/mol. The topological polar surface area (TPSA) is 111 Å². The molecule has 2 atom stereocenters. The van der Waals surface area contributed by atoms with Gasteiger partial charge in [0.1, 0.15) is 19.8 Å². The molecule has 448 valence electrons. The number of hydrogen-bond acceptors (Lipinski definition) is 8. The molecule has 10 heteroatoms. The molecule has 0 saturated carbocycles. The average Bonchev–Trinajstić information content (AvgIpc) is 3.40. The first-order chi connectivity index (χ1) is 38.0. The van der Waals surface area contributed by atoms with Gasteiger partial charge in [-0.15, -0.1) is 0 Å². The van der Waals surface area contributed by atoms with Crippen molar-refractivity contribution in [3.63, 3.8) is 0 Å². The van der Waals surface area contributed by atoms with Crippen LogP contribution in [0.1, 0.15) is 258 Å². The lowest BCUT2D eigenvalue weighted by Crippen LogP contribution is -2.37. The molecule has 0 fully saturated rings. The third-order valence-electron chi connectivity index (χ3n) is 13.3. The Morgan fingerprint density at radius 1 is 0.410 bits per heavy atom. The fraction of sp³-hybridized carbons (Fsp3) is 0.706. The largest absolute Gasteiger partial charge is 0.756 e. The molecule has 78 heavy (non-hydrogen) atoms. The highest BCUT2D eigenvalue weighted by atomic mass is 31.2. The van der Waals surface area contributed by atoms with E-state index >= 15 is 0 Å². The maximum absolute atomic E-state index is 12.8. The van der Waals surface area contributed by atoms with Crippen LogP contribution in [0.25, 0.3) is 0 Å². The van der Waals surface area contributed by atoms with Crippen molar-refractivity contribution in [1.82, 2.24) is 0 Å². The molecule has 0 saturated heterocycles. The minimum absolute atomic E-state index is 0.0421. The zero-order valence-corrected chi connectivity index (χ0v) is 51.7. The van der Waals surface area contributed by atoms with Gasteiger partial charge in [0, 0.05) is 12.8 Å². The molecule has 0 amide bonds. The first-order valence-electron chi connectivity index (χ1n) is 31.6. The van der Waals surface area contributed by atoms with E-state index in [1.807, 2.05) is 21.1 Å². The minimum Gasteiger partial charge on any atom is -0.756 e. The summed E-state index contributed by atoms with van der Waals surface area (Å²) in [6.07, 6.45) is 81.5. The summed E-state index contributed by atoms with van der Waals surface area (Å²) < 4.78 is 34.2. The molecule has 0 aliphatic carbocycles. The third-order valence-corrected chi connectivity index (χ3v) is 14.3. The molecule has 0 aromatic rings. The summed E-state index contributed by atoms with van der Waals surface area (Å²) >= 11 is 0. The van der Waals surface area contributed by atoms with Crippen LogP contribution in [0.4, 0.5) is 0 Å². The highest BCUT2D eigenvalue weighted by molar-refractivity contribution is 7.45. The van der Waals surface area contributed by atoms with Gasteiger partial charge in [0.25, 0.3) is 7.82 Å². The van der Waals surface area contributed by atoms with Crippen molar-refractivity contribution in [1.29, 1.82) is 0 Å². The molecule has 0 aliphatic heterocycles. The zero-order chi connectivity index (χ0) is 57.0. The van der Waals surface area contributed by atoms with Crippen molar-refractivity contribution in [2.75, 3.05) is 47.5 Å². The van der Waals surface area contributed by atoms with Crippen molar-refractivity contribution in [3.8, 4) is 0 Å². The van der Waals surface area contributed by atoms with Crippen molar-refractivity contribution in [2.24, 2.45) is 0 Å². The van der Waals surface area contributed by atoms with Crippen LogP contribution in [0.3, 0.4) is 0 Å². The lowest BCUT2D eigenvalue weighted by molar-refractivity contribution is -0.870. The number of likely N-dealkylation sites (N-methyl/N-ethyl adjacent to an activating group) is 1. The number of rotatable bonds is 57. The van der Waals surface area contributed by atoms with Gasteiger partial charge < -0.3 is 27.9 Å². The maximum atomic E-state index is 12.8. The molecule has 0 aliphatic rings. The molecule has 0 radical (unpaired) electrons. The Bertz CT molecular complexity index is 1680. The monoisotopic (exact) mass is 1110 g/mol. The summed E-state index contributed by atoms with van der Waals surface area (Å²) in [4.78, 5) is 37.9. The number of allylic oxidation sites excluding steroid dienone is 18. The van der Waals surface area contributed by atoms with Gasteiger partial charge in [-0.1, -0.05) is 271 Å². The first-order valence-corrected chi connectivity index (χ1v) is 33.1. The van der Waals surface area contributed by atoms with Crippen molar-refractivity contribution in [3.05, 3.63) is 109 Å². The normalized spacial score (nSPS) is 14.0. The van der Waals surface area contributed by atoms with Crippen molar-refractivity contribution >= 4 is 19.8 Å². The van der Waals surface area contributed by atoms with Crippen LogP contribution in [0.15, 0.2) is 109 Å². The number of hydrogen-bond donors (Lipinski definition) is 0. The van der Waals surface area contributed by atoms with E-state index in [9.17, 15) is 19.0 Å². The predicted octanol–water partition coefficient (Wildman–Crippen LogP) is 19.5. The number of nitrogens with zero attached hydrogens (tertiary/aromatic N) is 1. The second-order valence-electron chi connectivity index (χ2n) is 22.0. The molecular weight excluding hydrogens is 990 g/mol. The molecule has 9 nitrogen and oxygen atoms in total. The quantitative estimate of drug-likeness (QED) is 0.0195. The van der Waals surface area contributed by atoms with Gasteiger partial charge >= 0.3 is 11.9 Å². The summed E-state index contributed by atoms with van der Waals surface area (Å²) in [6, 6.07) is 0. The van der Waals surface area contributed by atoms with Gasteiger partial charge in [-0.3, -0.25) is 14.2 Å².